The molecule has 0 spiro atoms. The highest BCUT2D eigenvalue weighted by Crippen LogP contribution is 2.32. The number of aryl methyl sites for hydroxylation is 2. The lowest BCUT2D eigenvalue weighted by Crippen LogP contribution is -2.07. The van der Waals surface area contributed by atoms with E-state index >= 15 is 0 Å². The fourth-order valence-electron chi connectivity index (χ4n) is 2.85. The van der Waals surface area contributed by atoms with Gasteiger partial charge in [-0.15, -0.1) is 0 Å². The summed E-state index contributed by atoms with van der Waals surface area (Å²) in [6.07, 6.45) is 0. The molecule has 0 fully saturated rings. The zero-order chi connectivity index (χ0) is 18.8. The number of nitrogens with zero attached hydrogens (tertiary/aromatic N) is 2. The number of aromatic nitrogens is 2. The van der Waals surface area contributed by atoms with Crippen molar-refractivity contribution in [3.8, 4) is 0 Å². The number of carbonyl (C=O) groups is 1. The maximum Gasteiger partial charge on any atom is 0.342 e. The Kier molecular flexibility index (Phi) is 4.93. The first-order chi connectivity index (χ1) is 12.4. The van der Waals surface area contributed by atoms with Gasteiger partial charge >= 0.3 is 5.97 Å². The Balaban J connectivity index is 2.08. The van der Waals surface area contributed by atoms with E-state index in [1.807, 2.05) is 12.1 Å². The number of carbonyl (C=O) groups excluding carboxylic acids is 1. The van der Waals surface area contributed by atoms with Gasteiger partial charge in [-0.05, 0) is 44.4 Å². The van der Waals surface area contributed by atoms with Crippen molar-refractivity contribution in [2.75, 3.05) is 11.9 Å². The minimum Gasteiger partial charge on any atom is -0.462 e. The van der Waals surface area contributed by atoms with E-state index < -0.39 is 5.97 Å². The molecule has 0 aliphatic rings. The van der Waals surface area contributed by atoms with E-state index in [-0.39, 0.29) is 6.61 Å². The Morgan fingerprint density at radius 3 is 2.50 bits per heavy atom. The van der Waals surface area contributed by atoms with E-state index in [9.17, 15) is 4.79 Å². The third-order valence-electron chi connectivity index (χ3n) is 4.16. The van der Waals surface area contributed by atoms with Crippen LogP contribution in [0.1, 0.15) is 54.2 Å². The van der Waals surface area contributed by atoms with Crippen LogP contribution in [0.3, 0.4) is 0 Å². The van der Waals surface area contributed by atoms with Crippen LogP contribution in [0.5, 0.6) is 0 Å². The molecule has 1 N–H and O–H groups in total. The van der Waals surface area contributed by atoms with Gasteiger partial charge in [0.25, 0.3) is 0 Å². The fourth-order valence-corrected chi connectivity index (χ4v) is 2.85. The van der Waals surface area contributed by atoms with Crippen molar-refractivity contribution < 1.29 is 13.9 Å². The molecule has 0 aliphatic carbocycles. The molecule has 1 aromatic carbocycles. The van der Waals surface area contributed by atoms with Gasteiger partial charge in [0, 0.05) is 5.69 Å². The van der Waals surface area contributed by atoms with Crippen LogP contribution in [0, 0.1) is 13.8 Å². The van der Waals surface area contributed by atoms with Crippen LogP contribution in [0.4, 0.5) is 11.5 Å². The average Bonchev–Trinajstić information content (AvgIpc) is 2.91. The maximum atomic E-state index is 12.4. The van der Waals surface area contributed by atoms with Gasteiger partial charge in [0.1, 0.15) is 23.0 Å². The van der Waals surface area contributed by atoms with E-state index in [4.69, 9.17) is 9.15 Å². The second-order valence-corrected chi connectivity index (χ2v) is 6.46. The summed E-state index contributed by atoms with van der Waals surface area (Å²) in [6, 6.07) is 8.14. The number of fused-ring (bicyclic) bond motifs is 1. The summed E-state index contributed by atoms with van der Waals surface area (Å²) in [5, 5.41) is 3.83. The summed E-state index contributed by atoms with van der Waals surface area (Å²) in [6.45, 7) is 9.88. The smallest absolute Gasteiger partial charge is 0.342 e. The van der Waals surface area contributed by atoms with Crippen molar-refractivity contribution in [1.82, 2.24) is 9.97 Å². The molecule has 136 valence electrons. The molecule has 0 amide bonds. The summed E-state index contributed by atoms with van der Waals surface area (Å²) in [4.78, 5) is 21.2. The second-order valence-electron chi connectivity index (χ2n) is 6.46. The van der Waals surface area contributed by atoms with E-state index in [0.717, 1.165) is 5.69 Å². The first kappa shape index (κ1) is 17.9. The number of hydrogen-bond acceptors (Lipinski definition) is 6. The molecule has 0 atom stereocenters. The predicted octanol–water partition coefficient (Wildman–Crippen LogP) is 4.88. The maximum absolute atomic E-state index is 12.4. The Morgan fingerprint density at radius 1 is 1.19 bits per heavy atom. The second kappa shape index (κ2) is 7.15. The van der Waals surface area contributed by atoms with Crippen LogP contribution in [0.2, 0.25) is 0 Å². The molecule has 6 heteroatoms. The molecule has 26 heavy (non-hydrogen) atoms. The molecule has 0 aliphatic heterocycles. The van der Waals surface area contributed by atoms with Crippen LogP contribution in [-0.2, 0) is 4.74 Å². The number of nitrogens with one attached hydrogen (secondary N) is 1. The SMILES string of the molecule is CCOC(=O)c1c(C)oc2nc(C)nc(Nc3ccc(C(C)C)cc3)c12. The van der Waals surface area contributed by atoms with Gasteiger partial charge in [-0.2, -0.15) is 4.98 Å². The highest BCUT2D eigenvalue weighted by molar-refractivity contribution is 6.08. The van der Waals surface area contributed by atoms with E-state index in [1.54, 1.807) is 20.8 Å². The van der Waals surface area contributed by atoms with Crippen LogP contribution in [-0.4, -0.2) is 22.5 Å². The van der Waals surface area contributed by atoms with Crippen molar-refractivity contribution >= 4 is 28.6 Å². The van der Waals surface area contributed by atoms with E-state index in [0.29, 0.717) is 40.0 Å². The Labute approximate surface area is 152 Å². The first-order valence-electron chi connectivity index (χ1n) is 8.72. The number of benzene rings is 1. The van der Waals surface area contributed by atoms with Crippen molar-refractivity contribution in [1.29, 1.82) is 0 Å². The predicted molar refractivity (Wildman–Crippen MR) is 101 cm³/mol. The fraction of sp³-hybridized carbons (Fsp3) is 0.350. The molecule has 2 heterocycles. The normalized spacial score (nSPS) is 11.2. The highest BCUT2D eigenvalue weighted by atomic mass is 16.5. The summed E-state index contributed by atoms with van der Waals surface area (Å²) < 4.78 is 10.9. The summed E-state index contributed by atoms with van der Waals surface area (Å²) in [5.74, 6) is 1.59. The Morgan fingerprint density at radius 2 is 1.88 bits per heavy atom. The van der Waals surface area contributed by atoms with Crippen LogP contribution >= 0.6 is 0 Å². The number of ether oxygens (including phenoxy) is 1. The summed E-state index contributed by atoms with van der Waals surface area (Å²) >= 11 is 0. The number of anilines is 2. The van der Waals surface area contributed by atoms with Gasteiger partial charge in [0.05, 0.1) is 12.0 Å². The van der Waals surface area contributed by atoms with Gasteiger partial charge in [-0.1, -0.05) is 26.0 Å². The molecule has 6 nitrogen and oxygen atoms in total. The minimum absolute atomic E-state index is 0.289. The minimum atomic E-state index is -0.436. The van der Waals surface area contributed by atoms with Crippen LogP contribution in [0.15, 0.2) is 28.7 Å². The average molecular weight is 353 g/mol. The lowest BCUT2D eigenvalue weighted by Gasteiger charge is -2.10. The number of esters is 1. The Bertz CT molecular complexity index is 943. The number of hydrogen-bond donors (Lipinski definition) is 1. The molecule has 0 bridgehead atoms. The third kappa shape index (κ3) is 3.40. The molecular formula is C20H23N3O3. The lowest BCUT2D eigenvalue weighted by atomic mass is 10.0. The summed E-state index contributed by atoms with van der Waals surface area (Å²) in [7, 11) is 0. The highest BCUT2D eigenvalue weighted by Gasteiger charge is 2.24. The van der Waals surface area contributed by atoms with E-state index in [2.05, 4.69) is 41.3 Å². The molecule has 3 aromatic rings. The lowest BCUT2D eigenvalue weighted by molar-refractivity contribution is 0.0526. The Hall–Kier alpha value is -2.89. The van der Waals surface area contributed by atoms with Gasteiger partial charge in [-0.3, -0.25) is 0 Å². The molecule has 0 unspecified atom stereocenters. The zero-order valence-electron chi connectivity index (χ0n) is 15.7. The topological polar surface area (TPSA) is 77.2 Å². The number of furan rings is 1. The largest absolute Gasteiger partial charge is 0.462 e. The zero-order valence-corrected chi connectivity index (χ0v) is 15.7. The van der Waals surface area contributed by atoms with Gasteiger partial charge in [0.2, 0.25) is 5.71 Å². The van der Waals surface area contributed by atoms with Gasteiger partial charge in [-0.25, -0.2) is 9.78 Å². The van der Waals surface area contributed by atoms with Crippen molar-refractivity contribution in [3.63, 3.8) is 0 Å². The molecule has 0 radical (unpaired) electrons. The van der Waals surface area contributed by atoms with Crippen molar-refractivity contribution in [2.45, 2.75) is 40.5 Å². The third-order valence-corrected chi connectivity index (χ3v) is 4.16. The summed E-state index contributed by atoms with van der Waals surface area (Å²) in [5.41, 5.74) is 2.87. The van der Waals surface area contributed by atoms with Gasteiger partial charge < -0.3 is 14.5 Å². The van der Waals surface area contributed by atoms with Crippen LogP contribution in [0.25, 0.3) is 11.1 Å². The monoisotopic (exact) mass is 353 g/mol. The molecule has 0 saturated carbocycles. The van der Waals surface area contributed by atoms with Crippen molar-refractivity contribution in [3.05, 3.63) is 47.0 Å². The van der Waals surface area contributed by atoms with E-state index in [1.165, 1.54) is 5.56 Å². The van der Waals surface area contributed by atoms with Gasteiger partial charge in [0.15, 0.2) is 0 Å². The first-order valence-corrected chi connectivity index (χ1v) is 8.72. The van der Waals surface area contributed by atoms with Crippen LogP contribution < -0.4 is 5.32 Å². The molecule has 2 aromatic heterocycles. The molecule has 3 rings (SSSR count). The van der Waals surface area contributed by atoms with Crippen molar-refractivity contribution in [2.24, 2.45) is 0 Å². The quantitative estimate of drug-likeness (QED) is 0.659. The molecule has 0 saturated heterocycles. The number of rotatable bonds is 5. The molecular weight excluding hydrogens is 330 g/mol. The standard InChI is InChI=1S/C20H23N3O3/c1-6-25-20(24)16-12(4)26-19-17(16)18(21-13(5)22-19)23-15-9-7-14(8-10-15)11(2)3/h7-11H,6H2,1-5H3,(H,21,22,23).